The van der Waals surface area contributed by atoms with Gasteiger partial charge in [-0.2, -0.15) is 16.8 Å². The zero-order chi connectivity index (χ0) is 13.8. The Kier molecular flexibility index (Phi) is 5.53. The van der Waals surface area contributed by atoms with E-state index in [0.717, 1.165) is 25.5 Å². The van der Waals surface area contributed by atoms with Gasteiger partial charge in [0.05, 0.1) is 6.26 Å². The lowest BCUT2D eigenvalue weighted by Gasteiger charge is -2.28. The van der Waals surface area contributed by atoms with Crippen LogP contribution in [0.15, 0.2) is 0 Å². The highest BCUT2D eigenvalue weighted by atomic mass is 32.2. The molecule has 0 aromatic carbocycles. The van der Waals surface area contributed by atoms with E-state index in [-0.39, 0.29) is 0 Å². The van der Waals surface area contributed by atoms with Crippen LogP contribution in [0.3, 0.4) is 0 Å². The van der Waals surface area contributed by atoms with Crippen LogP contribution in [0, 0.1) is 5.21 Å². The first-order chi connectivity index (χ1) is 8.23. The molecule has 0 bridgehead atoms. The van der Waals surface area contributed by atoms with Crippen molar-refractivity contribution in [1.29, 1.82) is 0 Å². The Balaban J connectivity index is 2.51. The molecular formula is C9H19NO6S2. The average molecular weight is 301 g/mol. The summed E-state index contributed by atoms with van der Waals surface area (Å²) >= 11 is 0. The van der Waals surface area contributed by atoms with Crippen LogP contribution in [0.1, 0.15) is 32.1 Å². The number of sulfonamides is 1. The lowest BCUT2D eigenvalue weighted by atomic mass is 10.0. The van der Waals surface area contributed by atoms with Gasteiger partial charge in [-0.3, -0.25) is 8.65 Å². The van der Waals surface area contributed by atoms with Crippen LogP contribution in [-0.2, 0) is 24.3 Å². The van der Waals surface area contributed by atoms with Crippen LogP contribution in [0.2, 0.25) is 0 Å². The minimum Gasteiger partial charge on any atom is -0.618 e. The fourth-order valence-electron chi connectivity index (χ4n) is 1.98. The molecule has 1 N–H and O–H groups in total. The maximum absolute atomic E-state index is 11.9. The van der Waals surface area contributed by atoms with E-state index >= 15 is 0 Å². The van der Waals surface area contributed by atoms with Crippen LogP contribution >= 0.6 is 0 Å². The van der Waals surface area contributed by atoms with E-state index in [1.54, 1.807) is 0 Å². The highest BCUT2D eigenvalue weighted by Gasteiger charge is 2.32. The second kappa shape index (κ2) is 6.29. The smallest absolute Gasteiger partial charge is 0.298 e. The van der Waals surface area contributed by atoms with E-state index in [4.69, 9.17) is 0 Å². The summed E-state index contributed by atoms with van der Waals surface area (Å²) in [6.45, 7) is -0.824. The third-order valence-corrected chi connectivity index (χ3v) is 5.69. The minimum atomic E-state index is -3.79. The molecule has 0 amide bonds. The van der Waals surface area contributed by atoms with Crippen LogP contribution in [0.4, 0.5) is 0 Å². The minimum absolute atomic E-state index is 0.411. The second-order valence-electron chi connectivity index (χ2n) is 4.45. The van der Waals surface area contributed by atoms with Gasteiger partial charge in [0.2, 0.25) is 0 Å². The molecule has 1 aliphatic carbocycles. The lowest BCUT2D eigenvalue weighted by molar-refractivity contribution is -0.708. The zero-order valence-electron chi connectivity index (χ0n) is 10.3. The summed E-state index contributed by atoms with van der Waals surface area (Å²) in [6, 6.07) is 0. The van der Waals surface area contributed by atoms with Gasteiger partial charge in [-0.1, -0.05) is 19.3 Å². The van der Waals surface area contributed by atoms with Gasteiger partial charge in [0.15, 0.2) is 0 Å². The summed E-state index contributed by atoms with van der Waals surface area (Å²) in [7, 11) is -7.43. The maximum Gasteiger partial charge on any atom is 0.298 e. The van der Waals surface area contributed by atoms with Gasteiger partial charge in [0.1, 0.15) is 18.4 Å². The van der Waals surface area contributed by atoms with Crippen molar-refractivity contribution in [3.05, 3.63) is 5.21 Å². The molecule has 0 aromatic rings. The predicted octanol–water partition coefficient (Wildman–Crippen LogP) is -0.992. The van der Waals surface area contributed by atoms with Crippen molar-refractivity contribution >= 4 is 20.1 Å². The maximum atomic E-state index is 11.9. The van der Waals surface area contributed by atoms with Crippen molar-refractivity contribution < 1.29 is 25.5 Å². The van der Waals surface area contributed by atoms with Crippen LogP contribution < -0.4 is 4.47 Å². The molecule has 108 valence electrons. The fraction of sp³-hybridized carbons (Fsp3) is 1.00. The number of rotatable bonds is 6. The van der Waals surface area contributed by atoms with Crippen molar-refractivity contribution in [2.45, 2.75) is 37.4 Å². The average Bonchev–Trinajstić information content (AvgIpc) is 2.28. The molecule has 1 rings (SSSR count). The van der Waals surface area contributed by atoms with E-state index in [9.17, 15) is 22.0 Å². The highest BCUT2D eigenvalue weighted by molar-refractivity contribution is 7.86. The van der Waals surface area contributed by atoms with E-state index < -0.39 is 43.0 Å². The number of hydrogen-bond acceptors (Lipinski definition) is 6. The van der Waals surface area contributed by atoms with E-state index in [2.05, 4.69) is 4.18 Å². The van der Waals surface area contributed by atoms with Crippen molar-refractivity contribution in [2.75, 3.05) is 19.4 Å². The number of quaternary nitrogens is 1. The van der Waals surface area contributed by atoms with E-state index in [1.165, 1.54) is 0 Å². The van der Waals surface area contributed by atoms with Crippen molar-refractivity contribution in [1.82, 2.24) is 0 Å². The summed E-state index contributed by atoms with van der Waals surface area (Å²) in [5.74, 6) is 0. The first-order valence-electron chi connectivity index (χ1n) is 5.84. The van der Waals surface area contributed by atoms with Crippen molar-refractivity contribution in [2.24, 2.45) is 0 Å². The summed E-state index contributed by atoms with van der Waals surface area (Å²) in [5, 5.41) is 11.0. The fourth-order valence-corrected chi connectivity index (χ4v) is 4.06. The molecular weight excluding hydrogens is 282 g/mol. The topological polar surface area (TPSA) is 105 Å². The van der Waals surface area contributed by atoms with Gasteiger partial charge >= 0.3 is 0 Å². The lowest BCUT2D eigenvalue weighted by Crippen LogP contribution is -3.10. The van der Waals surface area contributed by atoms with Crippen LogP contribution in [-0.4, -0.2) is 41.5 Å². The molecule has 1 fully saturated rings. The SMILES string of the molecule is CS(=O)(=O)OCC[NH+]([O-])S(=O)(=O)C1CCCCC1. The molecule has 0 aliphatic heterocycles. The molecule has 1 saturated carbocycles. The molecule has 18 heavy (non-hydrogen) atoms. The molecule has 9 heteroatoms. The molecule has 0 aromatic heterocycles. The third kappa shape index (κ3) is 4.81. The summed E-state index contributed by atoms with van der Waals surface area (Å²) in [5.41, 5.74) is 0. The van der Waals surface area contributed by atoms with Gasteiger partial charge in [-0.25, -0.2) is 0 Å². The largest absolute Gasteiger partial charge is 0.618 e. The van der Waals surface area contributed by atoms with Crippen molar-refractivity contribution in [3.63, 3.8) is 0 Å². The van der Waals surface area contributed by atoms with Gasteiger partial charge in [-0.05, 0) is 12.8 Å². The Hall–Kier alpha value is -0.220. The first kappa shape index (κ1) is 15.8. The Morgan fingerprint density at radius 2 is 1.72 bits per heavy atom. The monoisotopic (exact) mass is 301 g/mol. The van der Waals surface area contributed by atoms with Gasteiger partial charge < -0.3 is 5.21 Å². The first-order valence-corrected chi connectivity index (χ1v) is 9.21. The van der Waals surface area contributed by atoms with Gasteiger partial charge in [0.25, 0.3) is 20.1 Å². The van der Waals surface area contributed by atoms with E-state index in [0.29, 0.717) is 12.8 Å². The zero-order valence-corrected chi connectivity index (χ0v) is 11.9. The molecule has 7 nitrogen and oxygen atoms in total. The summed E-state index contributed by atoms with van der Waals surface area (Å²) in [4.78, 5) is 0. The quantitative estimate of drug-likeness (QED) is 0.499. The molecule has 1 atom stereocenters. The van der Waals surface area contributed by atoms with Gasteiger partial charge in [-0.15, -0.1) is 0 Å². The standard InChI is InChI=1S/C9H19NO6S2/c1-17(12,13)16-8-7-10(11)18(14,15)9-5-3-2-4-6-9/h9-10H,2-8H2,1H3. The predicted molar refractivity (Wildman–Crippen MR) is 65.8 cm³/mol. The van der Waals surface area contributed by atoms with Gasteiger partial charge in [0, 0.05) is 0 Å². The molecule has 0 saturated heterocycles. The van der Waals surface area contributed by atoms with Crippen LogP contribution in [0.5, 0.6) is 0 Å². The third-order valence-electron chi connectivity index (χ3n) is 2.91. The molecule has 1 aliphatic rings. The van der Waals surface area contributed by atoms with E-state index in [1.807, 2.05) is 0 Å². The molecule has 0 radical (unpaired) electrons. The van der Waals surface area contributed by atoms with Crippen LogP contribution in [0.25, 0.3) is 0 Å². The summed E-state index contributed by atoms with van der Waals surface area (Å²) < 4.78 is 48.6. The van der Waals surface area contributed by atoms with Crippen molar-refractivity contribution in [3.8, 4) is 0 Å². The Bertz CT molecular complexity index is 451. The number of hydrogen-bond donors (Lipinski definition) is 1. The Morgan fingerprint density at radius 1 is 1.17 bits per heavy atom. The number of hydroxylamine groups is 1. The normalized spacial score (nSPS) is 20.8. The Labute approximate surface area is 108 Å². The molecule has 1 unspecified atom stereocenters. The second-order valence-corrected chi connectivity index (χ2v) is 8.31. The number of nitrogens with one attached hydrogen (secondary N) is 1. The Morgan fingerprint density at radius 3 is 2.22 bits per heavy atom. The highest BCUT2D eigenvalue weighted by Crippen LogP contribution is 2.21. The summed E-state index contributed by atoms with van der Waals surface area (Å²) in [6.07, 6.45) is 4.51. The molecule has 0 spiro atoms. The molecule has 0 heterocycles.